The number of nitrogens with zero attached hydrogens (tertiary/aromatic N) is 3. The highest BCUT2D eigenvalue weighted by Crippen LogP contribution is 2.27. The minimum atomic E-state index is -0.578. The number of ether oxygens (including phenoxy) is 2. The summed E-state index contributed by atoms with van der Waals surface area (Å²) in [6.07, 6.45) is 4.56. The van der Waals surface area contributed by atoms with Crippen LogP contribution in [0.2, 0.25) is 0 Å². The molecule has 4 aromatic rings. The fourth-order valence-corrected chi connectivity index (χ4v) is 4.83. The highest BCUT2D eigenvalue weighted by atomic mass is 16.5. The molecule has 0 radical (unpaired) electrons. The maximum Gasteiger partial charge on any atom is 0.342 e. The van der Waals surface area contributed by atoms with Crippen LogP contribution in [0.25, 0.3) is 16.9 Å². The number of amides is 1. The first kappa shape index (κ1) is 25.3. The van der Waals surface area contributed by atoms with E-state index in [0.29, 0.717) is 36.0 Å². The van der Waals surface area contributed by atoms with Crippen molar-refractivity contribution >= 4 is 11.9 Å². The van der Waals surface area contributed by atoms with Crippen LogP contribution in [-0.4, -0.2) is 53.4 Å². The quantitative estimate of drug-likeness (QED) is 0.306. The van der Waals surface area contributed by atoms with Gasteiger partial charge in [-0.1, -0.05) is 48.5 Å². The molecule has 1 aromatic heterocycles. The summed E-state index contributed by atoms with van der Waals surface area (Å²) >= 11 is 0. The molecule has 0 atom stereocenters. The summed E-state index contributed by atoms with van der Waals surface area (Å²) in [5.74, 6) is 0.515. The molecular weight excluding hydrogens is 478 g/mol. The smallest absolute Gasteiger partial charge is 0.342 e. The number of aromatic nitrogens is 2. The molecular formula is C31H31N3O4. The fourth-order valence-electron chi connectivity index (χ4n) is 4.83. The number of hydrogen-bond acceptors (Lipinski definition) is 5. The number of hydrogen-bond donors (Lipinski definition) is 0. The lowest BCUT2D eigenvalue weighted by molar-refractivity contribution is -0.135. The second kappa shape index (κ2) is 11.8. The van der Waals surface area contributed by atoms with Crippen LogP contribution >= 0.6 is 0 Å². The van der Waals surface area contributed by atoms with E-state index in [1.165, 1.54) is 5.56 Å². The third kappa shape index (κ3) is 5.94. The Kier molecular flexibility index (Phi) is 7.83. The Morgan fingerprint density at radius 3 is 2.21 bits per heavy atom. The minimum absolute atomic E-state index is 0.169. The molecule has 0 aliphatic carbocycles. The van der Waals surface area contributed by atoms with Crippen molar-refractivity contribution in [3.8, 4) is 22.7 Å². The fraction of sp³-hybridized carbons (Fsp3) is 0.258. The van der Waals surface area contributed by atoms with Gasteiger partial charge in [-0.3, -0.25) is 4.79 Å². The monoisotopic (exact) mass is 509 g/mol. The molecule has 0 spiro atoms. The zero-order valence-electron chi connectivity index (χ0n) is 21.5. The zero-order valence-corrected chi connectivity index (χ0v) is 21.5. The van der Waals surface area contributed by atoms with E-state index < -0.39 is 5.97 Å². The number of piperidine rings is 1. The maximum absolute atomic E-state index is 13.2. The molecule has 5 rings (SSSR count). The van der Waals surface area contributed by atoms with Gasteiger partial charge in [-0.05, 0) is 67.1 Å². The Labute approximate surface area is 222 Å². The van der Waals surface area contributed by atoms with Crippen LogP contribution in [0.4, 0.5) is 0 Å². The van der Waals surface area contributed by atoms with E-state index in [2.05, 4.69) is 29.4 Å². The summed E-state index contributed by atoms with van der Waals surface area (Å²) in [5.41, 5.74) is 3.67. The highest BCUT2D eigenvalue weighted by Gasteiger charge is 2.25. The lowest BCUT2D eigenvalue weighted by atomic mass is 9.90. The summed E-state index contributed by atoms with van der Waals surface area (Å²) in [6.45, 7) is 1.06. The Hall–Kier alpha value is -4.39. The lowest BCUT2D eigenvalue weighted by Crippen LogP contribution is -2.41. The van der Waals surface area contributed by atoms with Gasteiger partial charge < -0.3 is 14.4 Å². The van der Waals surface area contributed by atoms with Crippen LogP contribution in [0, 0.1) is 5.92 Å². The van der Waals surface area contributed by atoms with Gasteiger partial charge in [0.15, 0.2) is 6.61 Å². The molecule has 7 heteroatoms. The van der Waals surface area contributed by atoms with E-state index in [4.69, 9.17) is 9.47 Å². The molecule has 1 amide bonds. The summed E-state index contributed by atoms with van der Waals surface area (Å²) < 4.78 is 12.4. The first-order valence-corrected chi connectivity index (χ1v) is 12.9. The number of rotatable bonds is 8. The average Bonchev–Trinajstić information content (AvgIpc) is 3.43. The van der Waals surface area contributed by atoms with Crippen LogP contribution < -0.4 is 4.74 Å². The first-order chi connectivity index (χ1) is 18.6. The van der Waals surface area contributed by atoms with Crippen molar-refractivity contribution in [2.75, 3.05) is 26.8 Å². The van der Waals surface area contributed by atoms with Gasteiger partial charge in [0.25, 0.3) is 5.91 Å². The molecule has 0 saturated carbocycles. The van der Waals surface area contributed by atoms with E-state index in [0.717, 1.165) is 30.5 Å². The number of carbonyl (C=O) groups excluding carboxylic acids is 2. The summed E-state index contributed by atoms with van der Waals surface area (Å²) in [4.78, 5) is 27.8. The molecule has 3 aromatic carbocycles. The van der Waals surface area contributed by atoms with Crippen LogP contribution in [0.15, 0.2) is 91.1 Å². The van der Waals surface area contributed by atoms with Gasteiger partial charge in [0.2, 0.25) is 0 Å². The van der Waals surface area contributed by atoms with Gasteiger partial charge in [0, 0.05) is 24.8 Å². The van der Waals surface area contributed by atoms with Crippen molar-refractivity contribution in [3.05, 3.63) is 102 Å². The van der Waals surface area contributed by atoms with Crippen molar-refractivity contribution in [3.63, 3.8) is 0 Å². The molecule has 0 bridgehead atoms. The Morgan fingerprint density at radius 1 is 0.895 bits per heavy atom. The second-order valence-electron chi connectivity index (χ2n) is 9.49. The van der Waals surface area contributed by atoms with E-state index in [9.17, 15) is 9.59 Å². The normalized spacial score (nSPS) is 13.8. The molecule has 0 unspecified atom stereocenters. The lowest BCUT2D eigenvalue weighted by Gasteiger charge is -2.32. The SMILES string of the molecule is COc1ccc(-c2nn(-c3ccccc3)cc2C(=O)OCC(=O)N2CCC(Cc3ccccc3)CC2)cc1. The summed E-state index contributed by atoms with van der Waals surface area (Å²) in [6, 6.07) is 27.3. The van der Waals surface area contributed by atoms with Crippen LogP contribution in [0.1, 0.15) is 28.8 Å². The second-order valence-corrected chi connectivity index (χ2v) is 9.49. The molecule has 2 heterocycles. The van der Waals surface area contributed by atoms with Crippen molar-refractivity contribution < 1.29 is 19.1 Å². The van der Waals surface area contributed by atoms with Crippen molar-refractivity contribution in [1.29, 1.82) is 0 Å². The van der Waals surface area contributed by atoms with E-state index >= 15 is 0 Å². The molecule has 38 heavy (non-hydrogen) atoms. The number of para-hydroxylation sites is 1. The van der Waals surface area contributed by atoms with E-state index in [-0.39, 0.29) is 12.5 Å². The van der Waals surface area contributed by atoms with Crippen LogP contribution in [0.3, 0.4) is 0 Å². The third-order valence-corrected chi connectivity index (χ3v) is 6.98. The van der Waals surface area contributed by atoms with Gasteiger partial charge in [-0.2, -0.15) is 5.10 Å². The molecule has 0 N–H and O–H groups in total. The maximum atomic E-state index is 13.2. The van der Waals surface area contributed by atoms with E-state index in [1.54, 1.807) is 22.9 Å². The number of likely N-dealkylation sites (tertiary alicyclic amines) is 1. The summed E-state index contributed by atoms with van der Waals surface area (Å²) in [5, 5.41) is 4.67. The Morgan fingerprint density at radius 2 is 1.55 bits per heavy atom. The number of methoxy groups -OCH3 is 1. The van der Waals surface area contributed by atoms with Crippen molar-refractivity contribution in [1.82, 2.24) is 14.7 Å². The summed E-state index contributed by atoms with van der Waals surface area (Å²) in [7, 11) is 1.60. The largest absolute Gasteiger partial charge is 0.497 e. The van der Waals surface area contributed by atoms with Crippen LogP contribution in [-0.2, 0) is 16.0 Å². The predicted molar refractivity (Wildman–Crippen MR) is 145 cm³/mol. The number of carbonyl (C=O) groups is 2. The molecule has 1 aliphatic heterocycles. The zero-order chi connectivity index (χ0) is 26.3. The molecule has 1 aliphatic rings. The number of benzene rings is 3. The first-order valence-electron chi connectivity index (χ1n) is 12.9. The van der Waals surface area contributed by atoms with E-state index in [1.807, 2.05) is 60.7 Å². The van der Waals surface area contributed by atoms with Gasteiger partial charge in [0.1, 0.15) is 17.0 Å². The van der Waals surface area contributed by atoms with Gasteiger partial charge in [-0.25, -0.2) is 9.48 Å². The molecule has 194 valence electrons. The van der Waals surface area contributed by atoms with Crippen LogP contribution in [0.5, 0.6) is 5.75 Å². The molecule has 7 nitrogen and oxygen atoms in total. The van der Waals surface area contributed by atoms with Gasteiger partial charge in [-0.15, -0.1) is 0 Å². The topological polar surface area (TPSA) is 73.7 Å². The van der Waals surface area contributed by atoms with Gasteiger partial charge >= 0.3 is 5.97 Å². The predicted octanol–water partition coefficient (Wildman–Crippen LogP) is 5.19. The Balaban J connectivity index is 1.24. The molecule has 1 fully saturated rings. The van der Waals surface area contributed by atoms with Gasteiger partial charge in [0.05, 0.1) is 12.8 Å². The molecule has 1 saturated heterocycles. The van der Waals surface area contributed by atoms with Crippen molar-refractivity contribution in [2.45, 2.75) is 19.3 Å². The minimum Gasteiger partial charge on any atom is -0.497 e. The standard InChI is InChI=1S/C31H31N3O4/c1-37-27-14-12-25(13-15-27)30-28(21-34(32-30)26-10-6-3-7-11-26)31(36)38-22-29(35)33-18-16-24(17-19-33)20-23-8-4-2-5-9-23/h2-15,21,24H,16-20,22H2,1H3. The number of esters is 1. The Bertz CT molecular complexity index is 1360. The average molecular weight is 510 g/mol. The third-order valence-electron chi connectivity index (χ3n) is 6.98. The highest BCUT2D eigenvalue weighted by molar-refractivity contribution is 5.97. The van der Waals surface area contributed by atoms with Crippen molar-refractivity contribution in [2.24, 2.45) is 5.92 Å².